The first-order valence-corrected chi connectivity index (χ1v) is 9.87. The Morgan fingerprint density at radius 1 is 1.14 bits per heavy atom. The molecule has 1 aromatic carbocycles. The van der Waals surface area contributed by atoms with E-state index in [2.05, 4.69) is 17.2 Å². The number of amides is 2. The number of benzene rings is 1. The van der Waals surface area contributed by atoms with Gasteiger partial charge < -0.3 is 19.7 Å². The highest BCUT2D eigenvalue weighted by atomic mass is 16.5. The number of methoxy groups -OCH3 is 1. The van der Waals surface area contributed by atoms with Gasteiger partial charge in [-0.2, -0.15) is 0 Å². The van der Waals surface area contributed by atoms with Crippen molar-refractivity contribution in [2.75, 3.05) is 33.4 Å². The molecular formula is C22H27N3O4. The van der Waals surface area contributed by atoms with Crippen molar-refractivity contribution in [1.82, 2.24) is 15.2 Å². The van der Waals surface area contributed by atoms with E-state index in [0.29, 0.717) is 30.4 Å². The van der Waals surface area contributed by atoms with E-state index >= 15 is 0 Å². The maximum Gasteiger partial charge on any atom is 0.270 e. The molecule has 1 saturated heterocycles. The number of nitrogens with zero attached hydrogens (tertiary/aromatic N) is 2. The second kappa shape index (κ2) is 9.91. The number of likely N-dealkylation sites (tertiary alicyclic amines) is 1. The summed E-state index contributed by atoms with van der Waals surface area (Å²) in [5.74, 6) is 1.73. The summed E-state index contributed by atoms with van der Waals surface area (Å²) in [4.78, 5) is 31.0. The number of rotatable bonds is 7. The first-order valence-electron chi connectivity index (χ1n) is 9.87. The molecule has 0 bridgehead atoms. The summed E-state index contributed by atoms with van der Waals surface area (Å²) < 4.78 is 10.7. The molecule has 2 heterocycles. The van der Waals surface area contributed by atoms with Crippen molar-refractivity contribution in [2.45, 2.75) is 19.8 Å². The van der Waals surface area contributed by atoms with Crippen LogP contribution in [0.25, 0.3) is 0 Å². The van der Waals surface area contributed by atoms with Crippen molar-refractivity contribution in [2.24, 2.45) is 5.92 Å². The molecule has 0 aliphatic carbocycles. The molecule has 7 nitrogen and oxygen atoms in total. The Bertz CT molecular complexity index is 830. The van der Waals surface area contributed by atoms with E-state index in [1.807, 2.05) is 17.0 Å². The number of hydrogen-bond donors (Lipinski definition) is 1. The van der Waals surface area contributed by atoms with Crippen LogP contribution in [0.5, 0.6) is 11.5 Å². The molecule has 0 saturated carbocycles. The molecule has 0 radical (unpaired) electrons. The molecule has 29 heavy (non-hydrogen) atoms. The number of ether oxygens (including phenoxy) is 2. The third-order valence-corrected chi connectivity index (χ3v) is 5.03. The molecule has 0 unspecified atom stereocenters. The zero-order chi connectivity index (χ0) is 20.6. The molecule has 7 heteroatoms. The van der Waals surface area contributed by atoms with Gasteiger partial charge in [0, 0.05) is 24.8 Å². The van der Waals surface area contributed by atoms with E-state index in [1.54, 1.807) is 31.4 Å². The number of carbonyl (C=O) groups is 2. The largest absolute Gasteiger partial charge is 0.497 e. The molecule has 0 atom stereocenters. The third-order valence-electron chi connectivity index (χ3n) is 5.03. The molecule has 1 aliphatic heterocycles. The zero-order valence-electron chi connectivity index (χ0n) is 16.9. The molecular weight excluding hydrogens is 370 g/mol. The van der Waals surface area contributed by atoms with E-state index in [0.717, 1.165) is 31.7 Å². The molecule has 0 spiro atoms. The quantitative estimate of drug-likeness (QED) is 0.727. The topological polar surface area (TPSA) is 80.8 Å². The molecule has 2 aromatic rings. The van der Waals surface area contributed by atoms with Crippen molar-refractivity contribution < 1.29 is 19.1 Å². The van der Waals surface area contributed by atoms with Crippen molar-refractivity contribution in [3.05, 3.63) is 53.9 Å². The lowest BCUT2D eigenvalue weighted by Gasteiger charge is -2.30. The number of nitrogens with one attached hydrogen (secondary N) is 1. The maximum absolute atomic E-state index is 12.7. The van der Waals surface area contributed by atoms with Crippen LogP contribution in [0.1, 0.15) is 40.6 Å². The summed E-state index contributed by atoms with van der Waals surface area (Å²) in [6.07, 6.45) is 3.53. The Hall–Kier alpha value is -3.09. The third kappa shape index (κ3) is 5.70. The van der Waals surface area contributed by atoms with Crippen LogP contribution in [-0.2, 0) is 0 Å². The second-order valence-electron chi connectivity index (χ2n) is 7.18. The van der Waals surface area contributed by atoms with Gasteiger partial charge in [0.05, 0.1) is 13.7 Å². The minimum Gasteiger partial charge on any atom is -0.497 e. The maximum atomic E-state index is 12.7. The monoisotopic (exact) mass is 397 g/mol. The van der Waals surface area contributed by atoms with Gasteiger partial charge in [-0.05, 0) is 55.2 Å². The smallest absolute Gasteiger partial charge is 0.270 e. The van der Waals surface area contributed by atoms with Crippen LogP contribution in [0.4, 0.5) is 0 Å². The van der Waals surface area contributed by atoms with Crippen LogP contribution >= 0.6 is 0 Å². The van der Waals surface area contributed by atoms with Crippen LogP contribution < -0.4 is 14.8 Å². The summed E-state index contributed by atoms with van der Waals surface area (Å²) in [6.45, 7) is 4.37. The van der Waals surface area contributed by atoms with Gasteiger partial charge in [-0.25, -0.2) is 0 Å². The number of aromatic nitrogens is 1. The lowest BCUT2D eigenvalue weighted by atomic mass is 9.98. The summed E-state index contributed by atoms with van der Waals surface area (Å²) in [6, 6.07) is 10.4. The average molecular weight is 397 g/mol. The highest BCUT2D eigenvalue weighted by Gasteiger charge is 2.22. The van der Waals surface area contributed by atoms with Gasteiger partial charge in [-0.1, -0.05) is 6.92 Å². The molecule has 1 aliphatic rings. The second-order valence-corrected chi connectivity index (χ2v) is 7.18. The molecule has 3 rings (SSSR count). The van der Waals surface area contributed by atoms with Crippen molar-refractivity contribution >= 4 is 11.8 Å². The van der Waals surface area contributed by atoms with Crippen LogP contribution in [0.3, 0.4) is 0 Å². The van der Waals surface area contributed by atoms with Crippen LogP contribution in [0.15, 0.2) is 42.6 Å². The minimum absolute atomic E-state index is 0.0452. The Morgan fingerprint density at radius 3 is 2.52 bits per heavy atom. The lowest BCUT2D eigenvalue weighted by molar-refractivity contribution is 0.0697. The van der Waals surface area contributed by atoms with Gasteiger partial charge in [0.1, 0.15) is 23.8 Å². The molecule has 1 N–H and O–H groups in total. The lowest BCUT2D eigenvalue weighted by Crippen LogP contribution is -2.38. The summed E-state index contributed by atoms with van der Waals surface area (Å²) >= 11 is 0. The van der Waals surface area contributed by atoms with E-state index in [4.69, 9.17) is 9.47 Å². The number of piperidine rings is 1. The predicted molar refractivity (Wildman–Crippen MR) is 109 cm³/mol. The Labute approximate surface area is 171 Å². The van der Waals surface area contributed by atoms with Crippen molar-refractivity contribution in [3.8, 4) is 11.5 Å². The fraction of sp³-hybridized carbons (Fsp3) is 0.409. The zero-order valence-corrected chi connectivity index (χ0v) is 16.9. The molecule has 1 aromatic heterocycles. The number of pyridine rings is 1. The summed E-state index contributed by atoms with van der Waals surface area (Å²) in [5, 5.41) is 2.77. The van der Waals surface area contributed by atoms with Gasteiger partial charge in [-0.15, -0.1) is 0 Å². The van der Waals surface area contributed by atoms with Crippen LogP contribution in [0, 0.1) is 5.92 Å². The summed E-state index contributed by atoms with van der Waals surface area (Å²) in [5.41, 5.74) is 0.722. The highest BCUT2D eigenvalue weighted by Crippen LogP contribution is 2.18. The van der Waals surface area contributed by atoms with Gasteiger partial charge in [-0.3, -0.25) is 14.6 Å². The molecule has 1 fully saturated rings. The van der Waals surface area contributed by atoms with Gasteiger partial charge >= 0.3 is 0 Å². The van der Waals surface area contributed by atoms with E-state index in [-0.39, 0.29) is 17.5 Å². The van der Waals surface area contributed by atoms with E-state index in [1.165, 1.54) is 6.20 Å². The van der Waals surface area contributed by atoms with E-state index in [9.17, 15) is 9.59 Å². The number of hydrogen-bond acceptors (Lipinski definition) is 5. The Balaban J connectivity index is 1.49. The predicted octanol–water partition coefficient (Wildman–Crippen LogP) is 2.77. The first kappa shape index (κ1) is 20.6. The molecule has 154 valence electrons. The fourth-order valence-corrected chi connectivity index (χ4v) is 3.18. The van der Waals surface area contributed by atoms with E-state index < -0.39 is 0 Å². The van der Waals surface area contributed by atoms with Gasteiger partial charge in [0.25, 0.3) is 11.8 Å². The van der Waals surface area contributed by atoms with Crippen LogP contribution in [-0.4, -0.2) is 55.0 Å². The normalized spacial score (nSPS) is 14.3. The van der Waals surface area contributed by atoms with Crippen molar-refractivity contribution in [3.63, 3.8) is 0 Å². The molecule has 2 amide bonds. The average Bonchev–Trinajstić information content (AvgIpc) is 2.77. The van der Waals surface area contributed by atoms with Gasteiger partial charge in [0.2, 0.25) is 0 Å². The fourth-order valence-electron chi connectivity index (χ4n) is 3.18. The Kier molecular flexibility index (Phi) is 7.05. The summed E-state index contributed by atoms with van der Waals surface area (Å²) in [7, 11) is 1.61. The SMILES string of the molecule is COc1ccc(OCCNC(=O)c2cc(C(=O)N3CCC(C)CC3)ccn2)cc1. The standard InChI is InChI=1S/C22H27N3O4/c1-16-8-12-25(13-9-16)22(27)17-7-10-23-20(15-17)21(26)24-11-14-29-19-5-3-18(28-2)4-6-19/h3-7,10,15-16H,8-9,11-14H2,1-2H3,(H,24,26). The van der Waals surface area contributed by atoms with Crippen molar-refractivity contribution in [1.29, 1.82) is 0 Å². The van der Waals surface area contributed by atoms with Crippen LogP contribution in [0.2, 0.25) is 0 Å². The first-order chi connectivity index (χ1) is 14.1. The highest BCUT2D eigenvalue weighted by molar-refractivity contribution is 5.98. The number of carbonyl (C=O) groups excluding carboxylic acids is 2. The van der Waals surface area contributed by atoms with Gasteiger partial charge in [0.15, 0.2) is 0 Å². The minimum atomic E-state index is -0.328. The Morgan fingerprint density at radius 2 is 1.83 bits per heavy atom.